The molecule has 5 aromatic rings. The second kappa shape index (κ2) is 9.84. The molecule has 1 aromatic heterocycles. The highest BCUT2D eigenvalue weighted by atomic mass is 79.9. The van der Waals surface area contributed by atoms with E-state index in [2.05, 4.69) is 113 Å². The predicted molar refractivity (Wildman–Crippen MR) is 156 cm³/mol. The summed E-state index contributed by atoms with van der Waals surface area (Å²) >= 11 is 9.21. The number of benzene rings is 4. The van der Waals surface area contributed by atoms with Crippen LogP contribution in [0.15, 0.2) is 82.5 Å². The number of hydrogen-bond acceptors (Lipinski definition) is 3. The zero-order valence-electron chi connectivity index (χ0n) is 20.0. The second-order valence-corrected chi connectivity index (χ2v) is 10.6. The van der Waals surface area contributed by atoms with Crippen molar-refractivity contribution in [3.05, 3.63) is 105 Å². The summed E-state index contributed by atoms with van der Waals surface area (Å²) in [5.41, 5.74) is 9.35. The number of nitrogens with zero attached hydrogens (tertiary/aromatic N) is 3. The van der Waals surface area contributed by atoms with E-state index in [9.17, 15) is 0 Å². The van der Waals surface area contributed by atoms with Crippen LogP contribution in [0, 0.1) is 20.8 Å². The highest BCUT2D eigenvalue weighted by molar-refractivity contribution is 9.10. The Bertz CT molecular complexity index is 1570. The summed E-state index contributed by atoms with van der Waals surface area (Å²) in [5.74, 6) is 0. The highest BCUT2D eigenvalue weighted by Crippen LogP contribution is 2.27. The Morgan fingerprint density at radius 3 is 2.46 bits per heavy atom. The molecule has 0 aliphatic carbocycles. The molecule has 0 atom stereocenters. The predicted octanol–water partition coefficient (Wildman–Crippen LogP) is 7.90. The number of aliphatic imine (C=N–C) groups is 1. The topological polar surface area (TPSA) is 30.2 Å². The first-order valence-corrected chi connectivity index (χ1v) is 12.8. The normalized spacial score (nSPS) is 11.7. The fourth-order valence-corrected chi connectivity index (χ4v) is 5.45. The van der Waals surface area contributed by atoms with Gasteiger partial charge in [0.15, 0.2) is 0 Å². The van der Waals surface area contributed by atoms with E-state index in [-0.39, 0.29) is 0 Å². The van der Waals surface area contributed by atoms with E-state index in [0.717, 1.165) is 48.8 Å². The van der Waals surface area contributed by atoms with Gasteiger partial charge in [0.05, 0.1) is 17.6 Å². The SMILES string of the molecule is Cc1ccc(-n2cnc3c4ccc(C=NCC(=S)Cc5c(C)cc(Br)cc5C)cc4ccc32)cc1. The average molecular weight is 541 g/mol. The number of aryl methyl sites for hydroxylation is 3. The van der Waals surface area contributed by atoms with Gasteiger partial charge in [-0.25, -0.2) is 4.98 Å². The van der Waals surface area contributed by atoms with Gasteiger partial charge in [-0.1, -0.05) is 64.0 Å². The Morgan fingerprint density at radius 2 is 1.71 bits per heavy atom. The van der Waals surface area contributed by atoms with Gasteiger partial charge < -0.3 is 0 Å². The number of imidazole rings is 1. The van der Waals surface area contributed by atoms with Gasteiger partial charge in [-0.15, -0.1) is 0 Å². The van der Waals surface area contributed by atoms with Crippen molar-refractivity contribution in [2.75, 3.05) is 6.54 Å². The van der Waals surface area contributed by atoms with Crippen LogP contribution in [-0.4, -0.2) is 27.2 Å². The quantitative estimate of drug-likeness (QED) is 0.162. The maximum Gasteiger partial charge on any atom is 0.100 e. The second-order valence-electron chi connectivity index (χ2n) is 9.07. The van der Waals surface area contributed by atoms with Crippen LogP contribution < -0.4 is 0 Å². The zero-order chi connectivity index (χ0) is 24.5. The molecule has 0 aliphatic heterocycles. The average Bonchev–Trinajstić information content (AvgIpc) is 3.26. The Kier molecular flexibility index (Phi) is 6.63. The van der Waals surface area contributed by atoms with E-state index >= 15 is 0 Å². The molecule has 5 heteroatoms. The highest BCUT2D eigenvalue weighted by Gasteiger charge is 2.09. The molecule has 174 valence electrons. The lowest BCUT2D eigenvalue weighted by atomic mass is 9.98. The van der Waals surface area contributed by atoms with E-state index in [0.29, 0.717) is 6.54 Å². The van der Waals surface area contributed by atoms with Gasteiger partial charge in [0.25, 0.3) is 0 Å². The summed E-state index contributed by atoms with van der Waals surface area (Å²) < 4.78 is 3.25. The van der Waals surface area contributed by atoms with Crippen molar-refractivity contribution in [1.29, 1.82) is 0 Å². The monoisotopic (exact) mass is 539 g/mol. The molecule has 0 radical (unpaired) electrons. The molecule has 0 fully saturated rings. The first kappa shape index (κ1) is 23.6. The Balaban J connectivity index is 1.34. The third-order valence-electron chi connectivity index (χ3n) is 6.41. The van der Waals surface area contributed by atoms with Crippen LogP contribution in [0.3, 0.4) is 0 Å². The Hall–Kier alpha value is -3.15. The Labute approximate surface area is 219 Å². The van der Waals surface area contributed by atoms with Crippen molar-refractivity contribution in [2.24, 2.45) is 4.99 Å². The lowest BCUT2D eigenvalue weighted by molar-refractivity contribution is 1.09. The van der Waals surface area contributed by atoms with Crippen LogP contribution in [-0.2, 0) is 6.42 Å². The largest absolute Gasteiger partial charge is 0.299 e. The molecule has 3 nitrogen and oxygen atoms in total. The van der Waals surface area contributed by atoms with E-state index < -0.39 is 0 Å². The summed E-state index contributed by atoms with van der Waals surface area (Å²) in [4.78, 5) is 10.3. The molecule has 0 bridgehead atoms. The van der Waals surface area contributed by atoms with Gasteiger partial charge in [0, 0.05) is 33.0 Å². The van der Waals surface area contributed by atoms with Crippen LogP contribution in [0.1, 0.15) is 27.8 Å². The fourth-order valence-electron chi connectivity index (χ4n) is 4.54. The molecule has 0 saturated heterocycles. The molecule has 0 saturated carbocycles. The van der Waals surface area contributed by atoms with Crippen LogP contribution in [0.25, 0.3) is 27.5 Å². The van der Waals surface area contributed by atoms with Crippen LogP contribution in [0.4, 0.5) is 0 Å². The zero-order valence-corrected chi connectivity index (χ0v) is 22.5. The molecule has 0 N–H and O–H groups in total. The van der Waals surface area contributed by atoms with Crippen LogP contribution in [0.5, 0.6) is 0 Å². The van der Waals surface area contributed by atoms with E-state index in [4.69, 9.17) is 17.2 Å². The van der Waals surface area contributed by atoms with Crippen molar-refractivity contribution in [3.63, 3.8) is 0 Å². The molecule has 35 heavy (non-hydrogen) atoms. The number of thiocarbonyl (C=S) groups is 1. The number of halogens is 1. The van der Waals surface area contributed by atoms with Crippen molar-refractivity contribution in [3.8, 4) is 5.69 Å². The minimum atomic E-state index is 0.544. The number of fused-ring (bicyclic) bond motifs is 3. The van der Waals surface area contributed by atoms with Crippen molar-refractivity contribution >= 4 is 61.0 Å². The molecular weight excluding hydrogens is 514 g/mol. The molecule has 1 heterocycles. The van der Waals surface area contributed by atoms with Gasteiger partial charge in [-0.3, -0.25) is 9.56 Å². The molecule has 0 unspecified atom stereocenters. The van der Waals surface area contributed by atoms with E-state index in [1.807, 2.05) is 12.5 Å². The van der Waals surface area contributed by atoms with Crippen LogP contribution in [0.2, 0.25) is 0 Å². The van der Waals surface area contributed by atoms with Gasteiger partial charge in [-0.2, -0.15) is 0 Å². The third-order valence-corrected chi connectivity index (χ3v) is 7.14. The summed E-state index contributed by atoms with van der Waals surface area (Å²) in [6, 6.07) is 23.5. The van der Waals surface area contributed by atoms with Gasteiger partial charge in [0.1, 0.15) is 6.33 Å². The third kappa shape index (κ3) is 4.97. The molecule has 0 spiro atoms. The van der Waals surface area contributed by atoms with Gasteiger partial charge in [0.2, 0.25) is 0 Å². The number of hydrogen-bond donors (Lipinski definition) is 0. The molecule has 5 rings (SSSR count). The number of rotatable bonds is 6. The molecule has 0 aliphatic rings. The number of aromatic nitrogens is 2. The van der Waals surface area contributed by atoms with Gasteiger partial charge in [-0.05, 0) is 84.8 Å². The minimum Gasteiger partial charge on any atom is -0.299 e. The van der Waals surface area contributed by atoms with Gasteiger partial charge >= 0.3 is 0 Å². The summed E-state index contributed by atoms with van der Waals surface area (Å²) in [7, 11) is 0. The van der Waals surface area contributed by atoms with Crippen molar-refractivity contribution in [1.82, 2.24) is 9.55 Å². The Morgan fingerprint density at radius 1 is 0.971 bits per heavy atom. The summed E-state index contributed by atoms with van der Waals surface area (Å²) in [5, 5.41) is 2.29. The maximum atomic E-state index is 5.65. The standard InChI is InChI=1S/C30H26BrN3S/c1-19-4-8-25(9-5-19)34-18-33-30-27-10-6-22(14-23(27)7-11-29(30)34)16-32-17-26(35)15-28-20(2)12-24(31)13-21(28)3/h4-14,16,18H,15,17H2,1-3H3. The summed E-state index contributed by atoms with van der Waals surface area (Å²) in [6.07, 6.45) is 4.60. The van der Waals surface area contributed by atoms with Crippen molar-refractivity contribution in [2.45, 2.75) is 27.2 Å². The lowest BCUT2D eigenvalue weighted by Gasteiger charge is -2.10. The maximum absolute atomic E-state index is 5.65. The van der Waals surface area contributed by atoms with Crippen LogP contribution >= 0.6 is 28.1 Å². The fraction of sp³-hybridized carbons (Fsp3) is 0.167. The smallest absolute Gasteiger partial charge is 0.100 e. The molecule has 0 amide bonds. The minimum absolute atomic E-state index is 0.544. The van der Waals surface area contributed by atoms with E-state index in [1.165, 1.54) is 22.3 Å². The van der Waals surface area contributed by atoms with E-state index in [1.54, 1.807) is 0 Å². The first-order chi connectivity index (χ1) is 16.9. The molecular formula is C30H26BrN3S. The molecule has 4 aromatic carbocycles. The summed E-state index contributed by atoms with van der Waals surface area (Å²) in [6.45, 7) is 6.91. The lowest BCUT2D eigenvalue weighted by Crippen LogP contribution is -2.07. The van der Waals surface area contributed by atoms with Crippen molar-refractivity contribution < 1.29 is 0 Å². The first-order valence-electron chi connectivity index (χ1n) is 11.6.